The van der Waals surface area contributed by atoms with E-state index in [9.17, 15) is 18.0 Å². The van der Waals surface area contributed by atoms with Gasteiger partial charge in [0.05, 0.1) is 17.4 Å². The van der Waals surface area contributed by atoms with Crippen molar-refractivity contribution < 1.29 is 22.7 Å². The fraction of sp³-hybridized carbons (Fsp3) is 0.333. The summed E-state index contributed by atoms with van der Waals surface area (Å²) in [5, 5.41) is 1.08. The molecule has 0 radical (unpaired) electrons. The second kappa shape index (κ2) is 8.67. The molecule has 2 fully saturated rings. The third kappa shape index (κ3) is 4.28. The van der Waals surface area contributed by atoms with Crippen LogP contribution in [0.5, 0.6) is 0 Å². The number of fused-ring (bicyclic) bond motifs is 1. The lowest BCUT2D eigenvalue weighted by Crippen LogP contribution is -2.38. The van der Waals surface area contributed by atoms with Crippen LogP contribution in [0.4, 0.5) is 0 Å². The Morgan fingerprint density at radius 3 is 2.39 bits per heavy atom. The third-order valence-electron chi connectivity index (χ3n) is 6.20. The van der Waals surface area contributed by atoms with E-state index in [4.69, 9.17) is 4.74 Å². The molecule has 2 aromatic rings. The van der Waals surface area contributed by atoms with Crippen molar-refractivity contribution >= 4 is 28.0 Å². The van der Waals surface area contributed by atoms with E-state index in [1.54, 1.807) is 19.1 Å². The van der Waals surface area contributed by atoms with Crippen LogP contribution in [0.15, 0.2) is 66.1 Å². The molecular weight excluding hydrogens is 414 g/mol. The molecule has 0 bridgehead atoms. The zero-order chi connectivity index (χ0) is 22.0. The molecule has 1 aliphatic heterocycles. The molecule has 1 saturated carbocycles. The first-order valence-corrected chi connectivity index (χ1v) is 11.9. The summed E-state index contributed by atoms with van der Waals surface area (Å²) < 4.78 is 32.5. The number of nitrogens with zero attached hydrogens (tertiary/aromatic N) is 1. The van der Waals surface area contributed by atoms with Crippen LogP contribution in [-0.4, -0.2) is 30.6 Å². The van der Waals surface area contributed by atoms with Crippen LogP contribution in [0.3, 0.4) is 0 Å². The van der Waals surface area contributed by atoms with Gasteiger partial charge in [-0.1, -0.05) is 67.6 Å². The fourth-order valence-corrected chi connectivity index (χ4v) is 6.21. The number of sulfonamides is 1. The van der Waals surface area contributed by atoms with Gasteiger partial charge in [0, 0.05) is 11.8 Å². The Morgan fingerprint density at radius 2 is 1.71 bits per heavy atom. The molecular formula is C24H25NO5S. The highest BCUT2D eigenvalue weighted by Crippen LogP contribution is 2.47. The van der Waals surface area contributed by atoms with Gasteiger partial charge >= 0.3 is 5.97 Å². The largest absolute Gasteiger partial charge is 0.461 e. The summed E-state index contributed by atoms with van der Waals surface area (Å²) in [5.74, 6) is -2.22. The highest BCUT2D eigenvalue weighted by Gasteiger charge is 2.57. The number of benzene rings is 2. The molecule has 1 unspecified atom stereocenters. The van der Waals surface area contributed by atoms with Gasteiger partial charge in [-0.2, -0.15) is 0 Å². The van der Waals surface area contributed by atoms with E-state index in [1.165, 1.54) is 6.08 Å². The van der Waals surface area contributed by atoms with Gasteiger partial charge in [0.25, 0.3) is 10.0 Å². The van der Waals surface area contributed by atoms with Gasteiger partial charge in [-0.3, -0.25) is 9.59 Å². The van der Waals surface area contributed by atoms with Crippen LogP contribution in [-0.2, 0) is 31.0 Å². The maximum atomic E-state index is 13.0. The van der Waals surface area contributed by atoms with E-state index in [1.807, 2.05) is 48.5 Å². The second-order valence-electron chi connectivity index (χ2n) is 8.10. The zero-order valence-corrected chi connectivity index (χ0v) is 18.1. The van der Waals surface area contributed by atoms with E-state index >= 15 is 0 Å². The normalized spacial score (nSPS) is 25.7. The number of hydrogen-bond acceptors (Lipinski definition) is 5. The fourth-order valence-electron chi connectivity index (χ4n) is 4.71. The molecule has 0 N–H and O–H groups in total. The summed E-state index contributed by atoms with van der Waals surface area (Å²) in [6, 6.07) is 17.9. The number of carbonyl (C=O) groups excluding carboxylic acids is 2. The van der Waals surface area contributed by atoms with Crippen molar-refractivity contribution in [2.45, 2.75) is 32.4 Å². The molecule has 1 saturated heterocycles. The Labute approximate surface area is 182 Å². The van der Waals surface area contributed by atoms with Crippen molar-refractivity contribution in [3.8, 4) is 0 Å². The van der Waals surface area contributed by atoms with Crippen LogP contribution in [0.1, 0.15) is 30.9 Å². The lowest BCUT2D eigenvalue weighted by molar-refractivity contribution is -0.151. The van der Waals surface area contributed by atoms with Crippen LogP contribution in [0, 0.1) is 17.8 Å². The van der Waals surface area contributed by atoms with E-state index in [-0.39, 0.29) is 18.5 Å². The lowest BCUT2D eigenvalue weighted by Gasteiger charge is -2.22. The Bertz CT molecular complexity index is 1080. The van der Waals surface area contributed by atoms with Crippen molar-refractivity contribution in [2.24, 2.45) is 17.8 Å². The van der Waals surface area contributed by atoms with Gasteiger partial charge in [0.1, 0.15) is 6.61 Å². The molecule has 1 amide bonds. The molecule has 162 valence electrons. The first-order chi connectivity index (χ1) is 14.9. The van der Waals surface area contributed by atoms with Crippen molar-refractivity contribution in [1.29, 1.82) is 0 Å². The van der Waals surface area contributed by atoms with Crippen LogP contribution in [0.25, 0.3) is 6.08 Å². The minimum atomic E-state index is -3.95. The average Bonchev–Trinajstić information content (AvgIpc) is 3.31. The van der Waals surface area contributed by atoms with Gasteiger partial charge < -0.3 is 4.74 Å². The quantitative estimate of drug-likeness (QED) is 0.643. The Morgan fingerprint density at radius 1 is 1.06 bits per heavy atom. The van der Waals surface area contributed by atoms with Crippen LogP contribution in [0.2, 0.25) is 0 Å². The monoisotopic (exact) mass is 439 g/mol. The first-order valence-electron chi connectivity index (χ1n) is 10.4. The van der Waals surface area contributed by atoms with E-state index < -0.39 is 33.8 Å². The molecule has 0 aromatic heterocycles. The summed E-state index contributed by atoms with van der Waals surface area (Å²) >= 11 is 0. The predicted molar refractivity (Wildman–Crippen MR) is 117 cm³/mol. The van der Waals surface area contributed by atoms with Crippen LogP contribution >= 0.6 is 0 Å². The molecule has 31 heavy (non-hydrogen) atoms. The topological polar surface area (TPSA) is 80.8 Å². The number of amides is 1. The smallest absolute Gasteiger partial charge is 0.309 e. The molecule has 2 aliphatic rings. The maximum Gasteiger partial charge on any atom is 0.309 e. The maximum absolute atomic E-state index is 13.0. The zero-order valence-electron chi connectivity index (χ0n) is 17.3. The number of ether oxygens (including phenoxy) is 1. The highest BCUT2D eigenvalue weighted by atomic mass is 32.2. The van der Waals surface area contributed by atoms with Gasteiger partial charge in [-0.25, -0.2) is 12.7 Å². The SMILES string of the molecule is C[C@@H]1C(=O)N(S(=O)(=O)/C=C/c2ccccc2)[C@H]2CCC(C(=O)OCc3ccccc3)[C@H]12. The van der Waals surface area contributed by atoms with Gasteiger partial charge in [0.15, 0.2) is 0 Å². The minimum Gasteiger partial charge on any atom is -0.461 e. The summed E-state index contributed by atoms with van der Waals surface area (Å²) in [6.07, 6.45) is 2.46. The standard InChI is InChI=1S/C24H25NO5S/c1-17-22-20(24(27)30-16-19-10-6-3-7-11-19)12-13-21(22)25(23(17)26)31(28,29)15-14-18-8-4-2-5-9-18/h2-11,14-15,17,20-22H,12-13,16H2,1H3/b15-14+/t17-,20?,21-,22-/m0/s1. The summed E-state index contributed by atoms with van der Waals surface area (Å²) in [5.41, 5.74) is 1.62. The van der Waals surface area contributed by atoms with Gasteiger partial charge in [-0.15, -0.1) is 0 Å². The molecule has 4 atom stereocenters. The van der Waals surface area contributed by atoms with Crippen molar-refractivity contribution in [1.82, 2.24) is 4.31 Å². The molecule has 2 aromatic carbocycles. The Balaban J connectivity index is 1.49. The van der Waals surface area contributed by atoms with Gasteiger partial charge in [0.2, 0.25) is 5.91 Å². The number of hydrogen-bond donors (Lipinski definition) is 0. The van der Waals surface area contributed by atoms with Crippen molar-refractivity contribution in [3.63, 3.8) is 0 Å². The minimum absolute atomic E-state index is 0.164. The third-order valence-corrected chi connectivity index (χ3v) is 7.68. The molecule has 4 rings (SSSR count). The molecule has 0 spiro atoms. The number of esters is 1. The lowest BCUT2D eigenvalue weighted by atomic mass is 9.86. The first kappa shape index (κ1) is 21.3. The van der Waals surface area contributed by atoms with E-state index in [0.717, 1.165) is 20.8 Å². The summed E-state index contributed by atoms with van der Waals surface area (Å²) in [4.78, 5) is 25.7. The molecule has 7 heteroatoms. The Hall–Kier alpha value is -2.93. The molecule has 1 aliphatic carbocycles. The number of rotatable bonds is 6. The molecule has 6 nitrogen and oxygen atoms in total. The van der Waals surface area contributed by atoms with E-state index in [2.05, 4.69) is 0 Å². The summed E-state index contributed by atoms with van der Waals surface area (Å²) in [7, 11) is -3.95. The predicted octanol–water partition coefficient (Wildman–Crippen LogP) is 3.60. The van der Waals surface area contributed by atoms with Crippen LogP contribution < -0.4 is 0 Å². The van der Waals surface area contributed by atoms with E-state index in [0.29, 0.717) is 12.8 Å². The number of carbonyl (C=O) groups is 2. The Kier molecular flexibility index (Phi) is 5.96. The average molecular weight is 440 g/mol. The van der Waals surface area contributed by atoms with Crippen molar-refractivity contribution in [2.75, 3.05) is 0 Å². The van der Waals surface area contributed by atoms with Crippen molar-refractivity contribution in [3.05, 3.63) is 77.2 Å². The summed E-state index contributed by atoms with van der Waals surface area (Å²) in [6.45, 7) is 1.87. The second-order valence-corrected chi connectivity index (χ2v) is 9.80. The highest BCUT2D eigenvalue weighted by molar-refractivity contribution is 7.92. The van der Waals surface area contributed by atoms with Gasteiger partial charge in [-0.05, 0) is 30.0 Å². The molecule has 1 heterocycles.